The number of benzene rings is 1. The van der Waals surface area contributed by atoms with E-state index in [1.54, 1.807) is 0 Å². The van der Waals surface area contributed by atoms with Gasteiger partial charge in [-0.1, -0.05) is 18.2 Å². The second kappa shape index (κ2) is 4.72. The lowest BCUT2D eigenvalue weighted by Gasteiger charge is -2.20. The van der Waals surface area contributed by atoms with Crippen LogP contribution in [0, 0.1) is 0 Å². The van der Waals surface area contributed by atoms with Crippen molar-refractivity contribution in [1.82, 2.24) is 10.3 Å². The van der Waals surface area contributed by atoms with Crippen LogP contribution in [0.3, 0.4) is 0 Å². The number of hydrogen-bond donors (Lipinski definition) is 1. The maximum atomic E-state index is 5.57. The lowest BCUT2D eigenvalue weighted by Crippen LogP contribution is -2.26. The van der Waals surface area contributed by atoms with Gasteiger partial charge in [0, 0.05) is 11.5 Å². The minimum absolute atomic E-state index is 0.553. The Kier molecular flexibility index (Phi) is 2.92. The fourth-order valence-electron chi connectivity index (χ4n) is 2.30. The van der Waals surface area contributed by atoms with Gasteiger partial charge < -0.3 is 9.73 Å². The molecule has 1 fully saturated rings. The lowest BCUT2D eigenvalue weighted by atomic mass is 9.95. The summed E-state index contributed by atoms with van der Waals surface area (Å²) in [6.45, 7) is 2.16. The van der Waals surface area contributed by atoms with Crippen LogP contribution < -0.4 is 5.32 Å². The Morgan fingerprint density at radius 3 is 2.65 bits per heavy atom. The number of piperidine rings is 1. The quantitative estimate of drug-likeness (QED) is 0.859. The van der Waals surface area contributed by atoms with Gasteiger partial charge in [0.2, 0.25) is 5.89 Å². The molecule has 0 aliphatic carbocycles. The van der Waals surface area contributed by atoms with E-state index in [4.69, 9.17) is 4.42 Å². The number of nitrogens with one attached hydrogen (secondary N) is 1. The molecule has 0 amide bonds. The average Bonchev–Trinajstić information content (AvgIpc) is 2.90. The topological polar surface area (TPSA) is 38.1 Å². The van der Waals surface area contributed by atoms with Gasteiger partial charge in [0.25, 0.3) is 0 Å². The second-order valence-corrected chi connectivity index (χ2v) is 4.47. The summed E-state index contributed by atoms with van der Waals surface area (Å²) in [5.41, 5.74) is 2.15. The van der Waals surface area contributed by atoms with Gasteiger partial charge in [-0.2, -0.15) is 0 Å². The van der Waals surface area contributed by atoms with E-state index in [9.17, 15) is 0 Å². The number of aromatic nitrogens is 1. The van der Waals surface area contributed by atoms with Gasteiger partial charge in [-0.05, 0) is 38.1 Å². The van der Waals surface area contributed by atoms with Gasteiger partial charge in [0.05, 0.1) is 5.69 Å². The molecule has 88 valence electrons. The van der Waals surface area contributed by atoms with Crippen LogP contribution in [0.25, 0.3) is 11.5 Å². The van der Waals surface area contributed by atoms with Crippen molar-refractivity contribution < 1.29 is 4.42 Å². The summed E-state index contributed by atoms with van der Waals surface area (Å²) in [5, 5.41) is 3.36. The Balaban J connectivity index is 1.83. The third kappa shape index (κ3) is 2.24. The SMILES string of the molecule is c1ccc(-c2nc(C3CCNCC3)co2)cc1. The van der Waals surface area contributed by atoms with E-state index >= 15 is 0 Å². The monoisotopic (exact) mass is 228 g/mol. The van der Waals surface area contributed by atoms with Crippen LogP contribution >= 0.6 is 0 Å². The van der Waals surface area contributed by atoms with Crippen LogP contribution in [-0.2, 0) is 0 Å². The largest absolute Gasteiger partial charge is 0.444 e. The highest BCUT2D eigenvalue weighted by Crippen LogP contribution is 2.27. The predicted molar refractivity (Wildman–Crippen MR) is 66.8 cm³/mol. The number of nitrogens with zero attached hydrogens (tertiary/aromatic N) is 1. The summed E-state index contributed by atoms with van der Waals surface area (Å²) in [6, 6.07) is 10.1. The van der Waals surface area contributed by atoms with Gasteiger partial charge in [-0.15, -0.1) is 0 Å². The zero-order valence-electron chi connectivity index (χ0n) is 9.73. The van der Waals surface area contributed by atoms with Crippen molar-refractivity contribution in [2.24, 2.45) is 0 Å². The van der Waals surface area contributed by atoms with Crippen molar-refractivity contribution in [3.63, 3.8) is 0 Å². The molecule has 3 rings (SSSR count). The highest BCUT2D eigenvalue weighted by Gasteiger charge is 2.19. The van der Waals surface area contributed by atoms with E-state index in [0.717, 1.165) is 43.1 Å². The van der Waals surface area contributed by atoms with Gasteiger partial charge in [0.15, 0.2) is 0 Å². The van der Waals surface area contributed by atoms with Crippen molar-refractivity contribution in [3.8, 4) is 11.5 Å². The molecule has 0 unspecified atom stereocenters. The standard InChI is InChI=1S/C14H16N2O/c1-2-4-12(5-3-1)14-16-13(10-17-14)11-6-8-15-9-7-11/h1-5,10-11,15H,6-9H2. The molecule has 2 heterocycles. The molecule has 1 saturated heterocycles. The van der Waals surface area contributed by atoms with E-state index in [1.165, 1.54) is 0 Å². The van der Waals surface area contributed by atoms with Crippen LogP contribution in [-0.4, -0.2) is 18.1 Å². The molecular formula is C14H16N2O. The molecule has 0 atom stereocenters. The first kappa shape index (κ1) is 10.5. The van der Waals surface area contributed by atoms with Gasteiger partial charge in [-0.3, -0.25) is 0 Å². The summed E-state index contributed by atoms with van der Waals surface area (Å²) >= 11 is 0. The molecule has 1 aromatic carbocycles. The second-order valence-electron chi connectivity index (χ2n) is 4.47. The molecule has 17 heavy (non-hydrogen) atoms. The van der Waals surface area contributed by atoms with E-state index in [2.05, 4.69) is 10.3 Å². The van der Waals surface area contributed by atoms with Crippen LogP contribution in [0.15, 0.2) is 41.0 Å². The van der Waals surface area contributed by atoms with Crippen molar-refractivity contribution in [2.45, 2.75) is 18.8 Å². The fraction of sp³-hybridized carbons (Fsp3) is 0.357. The number of rotatable bonds is 2. The highest BCUT2D eigenvalue weighted by molar-refractivity contribution is 5.52. The molecule has 0 bridgehead atoms. The first-order chi connectivity index (χ1) is 8.43. The van der Waals surface area contributed by atoms with Gasteiger partial charge >= 0.3 is 0 Å². The van der Waals surface area contributed by atoms with Crippen molar-refractivity contribution in [2.75, 3.05) is 13.1 Å². The summed E-state index contributed by atoms with van der Waals surface area (Å²) < 4.78 is 5.57. The Hall–Kier alpha value is -1.61. The van der Waals surface area contributed by atoms with Crippen molar-refractivity contribution in [1.29, 1.82) is 0 Å². The van der Waals surface area contributed by atoms with Crippen LogP contribution in [0.2, 0.25) is 0 Å². The zero-order valence-corrected chi connectivity index (χ0v) is 9.73. The smallest absolute Gasteiger partial charge is 0.226 e. The molecule has 0 radical (unpaired) electrons. The normalized spacial score (nSPS) is 17.2. The van der Waals surface area contributed by atoms with E-state index in [-0.39, 0.29) is 0 Å². The molecule has 3 nitrogen and oxygen atoms in total. The third-order valence-electron chi connectivity index (χ3n) is 3.30. The number of oxazole rings is 1. The summed E-state index contributed by atoms with van der Waals surface area (Å²) in [7, 11) is 0. The van der Waals surface area contributed by atoms with Crippen LogP contribution in [0.4, 0.5) is 0 Å². The molecule has 1 aliphatic heterocycles. The molecule has 1 N–H and O–H groups in total. The first-order valence-electron chi connectivity index (χ1n) is 6.15. The Labute approximate surface area is 101 Å². The fourth-order valence-corrected chi connectivity index (χ4v) is 2.30. The zero-order chi connectivity index (χ0) is 11.5. The Morgan fingerprint density at radius 1 is 1.12 bits per heavy atom. The summed E-state index contributed by atoms with van der Waals surface area (Å²) in [4.78, 5) is 4.61. The van der Waals surface area contributed by atoms with E-state index in [0.29, 0.717) is 5.92 Å². The third-order valence-corrected chi connectivity index (χ3v) is 3.30. The van der Waals surface area contributed by atoms with Crippen molar-refractivity contribution in [3.05, 3.63) is 42.3 Å². The predicted octanol–water partition coefficient (Wildman–Crippen LogP) is 2.81. The molecular weight excluding hydrogens is 212 g/mol. The van der Waals surface area contributed by atoms with Crippen LogP contribution in [0.1, 0.15) is 24.5 Å². The summed E-state index contributed by atoms with van der Waals surface area (Å²) in [5.74, 6) is 1.29. The lowest BCUT2D eigenvalue weighted by molar-refractivity contribution is 0.451. The van der Waals surface area contributed by atoms with Gasteiger partial charge in [0.1, 0.15) is 6.26 Å². The maximum Gasteiger partial charge on any atom is 0.226 e. The maximum absolute atomic E-state index is 5.57. The first-order valence-corrected chi connectivity index (χ1v) is 6.15. The van der Waals surface area contributed by atoms with Crippen LogP contribution in [0.5, 0.6) is 0 Å². The molecule has 2 aromatic rings. The molecule has 3 heteroatoms. The molecule has 0 spiro atoms. The van der Waals surface area contributed by atoms with E-state index in [1.807, 2.05) is 36.6 Å². The molecule has 0 saturated carbocycles. The minimum Gasteiger partial charge on any atom is -0.444 e. The van der Waals surface area contributed by atoms with E-state index < -0.39 is 0 Å². The molecule has 1 aromatic heterocycles. The Morgan fingerprint density at radius 2 is 1.88 bits per heavy atom. The van der Waals surface area contributed by atoms with Crippen molar-refractivity contribution >= 4 is 0 Å². The Bertz CT molecular complexity index is 472. The number of hydrogen-bond acceptors (Lipinski definition) is 3. The molecule has 1 aliphatic rings. The summed E-state index contributed by atoms with van der Waals surface area (Å²) in [6.07, 6.45) is 4.12. The average molecular weight is 228 g/mol. The highest BCUT2D eigenvalue weighted by atomic mass is 16.3. The van der Waals surface area contributed by atoms with Gasteiger partial charge in [-0.25, -0.2) is 4.98 Å². The minimum atomic E-state index is 0.553.